The molecule has 3 unspecified atom stereocenters. The summed E-state index contributed by atoms with van der Waals surface area (Å²) in [5.41, 5.74) is -0.120. The van der Waals surface area contributed by atoms with Gasteiger partial charge in [0.15, 0.2) is 0 Å². The molecule has 3 atom stereocenters. The van der Waals surface area contributed by atoms with Crippen molar-refractivity contribution in [2.45, 2.75) is 57.4 Å². The molecule has 0 bridgehead atoms. The minimum absolute atomic E-state index is 0.00373. The normalized spacial score (nSPS) is 34.8. The van der Waals surface area contributed by atoms with Crippen molar-refractivity contribution in [2.75, 3.05) is 19.7 Å². The molecule has 5 nitrogen and oxygen atoms in total. The zero-order chi connectivity index (χ0) is 14.1. The van der Waals surface area contributed by atoms with Crippen molar-refractivity contribution in [3.8, 4) is 0 Å². The zero-order valence-corrected chi connectivity index (χ0v) is 12.9. The van der Waals surface area contributed by atoms with E-state index in [1.165, 1.54) is 0 Å². The van der Waals surface area contributed by atoms with Crippen LogP contribution in [0.3, 0.4) is 0 Å². The van der Waals surface area contributed by atoms with E-state index in [0.29, 0.717) is 13.2 Å². The summed E-state index contributed by atoms with van der Waals surface area (Å²) in [6.45, 7) is 8.29. The lowest BCUT2D eigenvalue weighted by atomic mass is 9.65. The second-order valence-corrected chi connectivity index (χ2v) is 8.18. The first-order chi connectivity index (χ1) is 8.88. The Morgan fingerprint density at radius 1 is 1.42 bits per heavy atom. The van der Waals surface area contributed by atoms with Crippen molar-refractivity contribution in [1.29, 1.82) is 0 Å². The number of piperidine rings is 1. The number of hydrogen-bond acceptors (Lipinski definition) is 4. The summed E-state index contributed by atoms with van der Waals surface area (Å²) in [5.74, 6) is 0. The highest BCUT2D eigenvalue weighted by atomic mass is 32.2. The number of hydrogen-bond donors (Lipinski definition) is 2. The molecule has 0 aromatic heterocycles. The van der Waals surface area contributed by atoms with Gasteiger partial charge in [-0.25, -0.2) is 13.1 Å². The van der Waals surface area contributed by atoms with Gasteiger partial charge in [0.2, 0.25) is 10.0 Å². The molecule has 0 aromatic rings. The Labute approximate surface area is 116 Å². The number of rotatable bonds is 5. The van der Waals surface area contributed by atoms with E-state index in [9.17, 15) is 8.42 Å². The van der Waals surface area contributed by atoms with E-state index < -0.39 is 10.0 Å². The van der Waals surface area contributed by atoms with Gasteiger partial charge in [-0.1, -0.05) is 13.8 Å². The fourth-order valence-corrected chi connectivity index (χ4v) is 4.75. The van der Waals surface area contributed by atoms with Gasteiger partial charge in [0.05, 0.1) is 11.4 Å². The summed E-state index contributed by atoms with van der Waals surface area (Å²) in [7, 11) is -3.22. The molecule has 2 N–H and O–H groups in total. The maximum Gasteiger partial charge on any atom is 0.216 e. The second kappa shape index (κ2) is 5.68. The molecule has 0 radical (unpaired) electrons. The molecule has 1 aliphatic heterocycles. The number of nitrogens with one attached hydrogen (secondary N) is 2. The summed E-state index contributed by atoms with van der Waals surface area (Å²) in [6, 6.07) is -0.00373. The smallest absolute Gasteiger partial charge is 0.216 e. The lowest BCUT2D eigenvalue weighted by Gasteiger charge is -2.51. The fraction of sp³-hybridized carbons (Fsp3) is 1.00. The van der Waals surface area contributed by atoms with E-state index in [1.54, 1.807) is 0 Å². The van der Waals surface area contributed by atoms with Gasteiger partial charge in [-0.2, -0.15) is 0 Å². The van der Waals surface area contributed by atoms with E-state index in [0.717, 1.165) is 25.8 Å². The third-order valence-corrected chi connectivity index (χ3v) is 6.44. The van der Waals surface area contributed by atoms with E-state index in [4.69, 9.17) is 4.74 Å². The minimum Gasteiger partial charge on any atom is -0.378 e. The molecule has 112 valence electrons. The number of sulfonamides is 1. The van der Waals surface area contributed by atoms with Crippen LogP contribution >= 0.6 is 0 Å². The minimum atomic E-state index is -3.22. The Bertz CT molecular complexity index is 402. The molecule has 0 aromatic carbocycles. The molecule has 19 heavy (non-hydrogen) atoms. The molecule has 2 rings (SSSR count). The molecule has 0 spiro atoms. The van der Waals surface area contributed by atoms with Crippen LogP contribution < -0.4 is 10.0 Å². The van der Waals surface area contributed by atoms with E-state index in [1.807, 2.05) is 6.92 Å². The van der Waals surface area contributed by atoms with Crippen LogP contribution in [0.15, 0.2) is 0 Å². The summed E-state index contributed by atoms with van der Waals surface area (Å²) in [4.78, 5) is 0. The largest absolute Gasteiger partial charge is 0.378 e. The Hall–Kier alpha value is -0.170. The van der Waals surface area contributed by atoms with Crippen LogP contribution in [0.5, 0.6) is 0 Å². The fourth-order valence-electron chi connectivity index (χ4n) is 2.95. The Morgan fingerprint density at radius 2 is 2.16 bits per heavy atom. The lowest BCUT2D eigenvalue weighted by Crippen LogP contribution is -2.63. The Kier molecular flexibility index (Phi) is 4.55. The maximum atomic E-state index is 12.3. The van der Waals surface area contributed by atoms with E-state index >= 15 is 0 Å². The van der Waals surface area contributed by atoms with Gasteiger partial charge >= 0.3 is 0 Å². The van der Waals surface area contributed by atoms with Crippen molar-refractivity contribution >= 4 is 10.0 Å². The zero-order valence-electron chi connectivity index (χ0n) is 12.1. The molecule has 1 saturated carbocycles. The summed E-state index contributed by atoms with van der Waals surface area (Å²) < 4.78 is 33.2. The van der Waals surface area contributed by atoms with Crippen LogP contribution in [0.2, 0.25) is 0 Å². The molecule has 1 aliphatic carbocycles. The van der Waals surface area contributed by atoms with Crippen molar-refractivity contribution in [1.82, 2.24) is 10.0 Å². The van der Waals surface area contributed by atoms with Crippen LogP contribution in [-0.2, 0) is 14.8 Å². The monoisotopic (exact) mass is 290 g/mol. The first kappa shape index (κ1) is 15.2. The highest BCUT2D eigenvalue weighted by molar-refractivity contribution is 7.90. The highest BCUT2D eigenvalue weighted by Gasteiger charge is 2.50. The molecule has 0 amide bonds. The van der Waals surface area contributed by atoms with Crippen LogP contribution in [0.1, 0.15) is 40.0 Å². The predicted octanol–water partition coefficient (Wildman–Crippen LogP) is 0.861. The van der Waals surface area contributed by atoms with Gasteiger partial charge < -0.3 is 10.1 Å². The van der Waals surface area contributed by atoms with Gasteiger partial charge in [0.1, 0.15) is 0 Å². The van der Waals surface area contributed by atoms with Crippen molar-refractivity contribution in [3.63, 3.8) is 0 Å². The average Bonchev–Trinajstić information content (AvgIpc) is 2.38. The quantitative estimate of drug-likeness (QED) is 0.788. The van der Waals surface area contributed by atoms with Gasteiger partial charge in [-0.3, -0.25) is 0 Å². The molecule has 1 saturated heterocycles. The van der Waals surface area contributed by atoms with Crippen molar-refractivity contribution in [2.24, 2.45) is 5.41 Å². The summed E-state index contributed by atoms with van der Waals surface area (Å²) in [5, 5.41) is 2.87. The van der Waals surface area contributed by atoms with Gasteiger partial charge in [-0.05, 0) is 32.7 Å². The molecule has 2 fully saturated rings. The second-order valence-electron chi connectivity index (χ2n) is 6.18. The first-order valence-corrected chi connectivity index (χ1v) is 8.76. The maximum absolute atomic E-state index is 12.3. The number of ether oxygens (including phenoxy) is 1. The van der Waals surface area contributed by atoms with E-state index in [-0.39, 0.29) is 22.8 Å². The lowest BCUT2D eigenvalue weighted by molar-refractivity contribution is -0.108. The third kappa shape index (κ3) is 3.12. The van der Waals surface area contributed by atoms with Crippen molar-refractivity contribution in [3.05, 3.63) is 0 Å². The van der Waals surface area contributed by atoms with Gasteiger partial charge in [0.25, 0.3) is 0 Å². The molecule has 2 aliphatic rings. The summed E-state index contributed by atoms with van der Waals surface area (Å²) in [6.07, 6.45) is 2.63. The SMILES string of the molecule is CCOC1CC(NS(=O)(=O)C2CCCNC2)C1(C)C. The third-order valence-electron chi connectivity index (χ3n) is 4.54. The van der Waals surface area contributed by atoms with Crippen LogP contribution in [0.4, 0.5) is 0 Å². The molecule has 6 heteroatoms. The topological polar surface area (TPSA) is 67.4 Å². The first-order valence-electron chi connectivity index (χ1n) is 7.21. The molecule has 1 heterocycles. The summed E-state index contributed by atoms with van der Waals surface area (Å²) >= 11 is 0. The van der Waals surface area contributed by atoms with Crippen LogP contribution in [-0.4, -0.2) is 45.5 Å². The van der Waals surface area contributed by atoms with Gasteiger partial charge in [0, 0.05) is 24.6 Å². The van der Waals surface area contributed by atoms with Crippen molar-refractivity contribution < 1.29 is 13.2 Å². The van der Waals surface area contributed by atoms with Crippen LogP contribution in [0, 0.1) is 5.41 Å². The Morgan fingerprint density at radius 3 is 2.68 bits per heavy atom. The predicted molar refractivity (Wildman–Crippen MR) is 75.5 cm³/mol. The molecular weight excluding hydrogens is 264 g/mol. The van der Waals surface area contributed by atoms with E-state index in [2.05, 4.69) is 23.9 Å². The molecular formula is C13H26N2O3S. The Balaban J connectivity index is 1.94. The average molecular weight is 290 g/mol. The van der Waals surface area contributed by atoms with Crippen LogP contribution in [0.25, 0.3) is 0 Å². The highest BCUT2D eigenvalue weighted by Crippen LogP contribution is 2.43. The standard InChI is InChI=1S/C13H26N2O3S/c1-4-18-12-8-11(13(12,2)3)15-19(16,17)10-6-5-7-14-9-10/h10-12,14-15H,4-9H2,1-3H3. The van der Waals surface area contributed by atoms with Gasteiger partial charge in [-0.15, -0.1) is 0 Å².